The summed E-state index contributed by atoms with van der Waals surface area (Å²) in [7, 11) is 1.88. The number of nitrogens with zero attached hydrogens (tertiary/aromatic N) is 4. The summed E-state index contributed by atoms with van der Waals surface area (Å²) in [5, 5.41) is 4.60. The summed E-state index contributed by atoms with van der Waals surface area (Å²) >= 11 is 7.77. The number of aryl methyl sites for hydroxylation is 1. The highest BCUT2D eigenvalue weighted by Gasteiger charge is 2.07. The van der Waals surface area contributed by atoms with Gasteiger partial charge in [-0.2, -0.15) is 16.9 Å². The van der Waals surface area contributed by atoms with E-state index in [1.54, 1.807) is 28.7 Å². The van der Waals surface area contributed by atoms with Crippen molar-refractivity contribution in [2.24, 2.45) is 7.05 Å². The van der Waals surface area contributed by atoms with Gasteiger partial charge in [0.1, 0.15) is 11.0 Å². The summed E-state index contributed by atoms with van der Waals surface area (Å²) in [4.78, 5) is 8.69. The second-order valence-corrected chi connectivity index (χ2v) is 5.19. The summed E-state index contributed by atoms with van der Waals surface area (Å²) < 4.78 is 1.74. The lowest BCUT2D eigenvalue weighted by Gasteiger charge is -2.02. The van der Waals surface area contributed by atoms with E-state index in [0.717, 1.165) is 28.6 Å². The van der Waals surface area contributed by atoms with Crippen molar-refractivity contribution in [3.8, 4) is 11.3 Å². The van der Waals surface area contributed by atoms with Gasteiger partial charge in [0.2, 0.25) is 0 Å². The largest absolute Gasteiger partial charge is 0.275 e. The molecule has 0 bridgehead atoms. The molecule has 0 spiro atoms. The molecule has 0 fully saturated rings. The molecule has 2 heterocycles. The van der Waals surface area contributed by atoms with E-state index in [9.17, 15) is 0 Å². The molecule has 2 aromatic rings. The third kappa shape index (κ3) is 3.20. The van der Waals surface area contributed by atoms with Gasteiger partial charge >= 0.3 is 0 Å². The standard InChI is InChI=1S/C11H13ClN4S/c1-3-17-7-11-14-9(4-10(12)15-11)8-5-13-16(2)6-8/h4-6H,3,7H2,1-2H3. The lowest BCUT2D eigenvalue weighted by Crippen LogP contribution is -1.95. The molecule has 0 unspecified atom stereocenters. The molecule has 90 valence electrons. The average Bonchev–Trinajstić information content (AvgIpc) is 2.72. The van der Waals surface area contributed by atoms with Crippen LogP contribution in [0.25, 0.3) is 11.3 Å². The van der Waals surface area contributed by atoms with E-state index < -0.39 is 0 Å². The highest BCUT2D eigenvalue weighted by molar-refractivity contribution is 7.98. The van der Waals surface area contributed by atoms with E-state index in [0.29, 0.717) is 5.15 Å². The predicted octanol–water partition coefficient (Wildman–Crippen LogP) is 2.78. The van der Waals surface area contributed by atoms with Gasteiger partial charge in [-0.05, 0) is 5.75 Å². The van der Waals surface area contributed by atoms with Crippen molar-refractivity contribution in [2.45, 2.75) is 12.7 Å². The van der Waals surface area contributed by atoms with Crippen LogP contribution in [0.1, 0.15) is 12.7 Å². The minimum Gasteiger partial charge on any atom is -0.275 e. The minimum atomic E-state index is 0.477. The fraction of sp³-hybridized carbons (Fsp3) is 0.364. The molecule has 6 heteroatoms. The SMILES string of the molecule is CCSCc1nc(Cl)cc(-c2cnn(C)c2)n1. The monoisotopic (exact) mass is 268 g/mol. The molecule has 0 amide bonds. The summed E-state index contributed by atoms with van der Waals surface area (Å²) in [5.74, 6) is 2.59. The zero-order valence-electron chi connectivity index (χ0n) is 9.72. The Morgan fingerprint density at radius 2 is 2.24 bits per heavy atom. The van der Waals surface area contributed by atoms with Crippen molar-refractivity contribution in [1.82, 2.24) is 19.7 Å². The van der Waals surface area contributed by atoms with Gasteiger partial charge < -0.3 is 0 Å². The van der Waals surface area contributed by atoms with Gasteiger partial charge in [0.05, 0.1) is 17.6 Å². The van der Waals surface area contributed by atoms with Gasteiger partial charge in [0.25, 0.3) is 0 Å². The normalized spacial score (nSPS) is 10.8. The fourth-order valence-corrected chi connectivity index (χ4v) is 2.14. The van der Waals surface area contributed by atoms with Crippen LogP contribution >= 0.6 is 23.4 Å². The topological polar surface area (TPSA) is 43.6 Å². The van der Waals surface area contributed by atoms with Crippen LogP contribution in [0.2, 0.25) is 5.15 Å². The fourth-order valence-electron chi connectivity index (χ4n) is 1.42. The first-order chi connectivity index (χ1) is 8.19. The van der Waals surface area contributed by atoms with Crippen molar-refractivity contribution in [3.63, 3.8) is 0 Å². The van der Waals surface area contributed by atoms with E-state index in [-0.39, 0.29) is 0 Å². The van der Waals surface area contributed by atoms with Crippen LogP contribution in [0, 0.1) is 0 Å². The van der Waals surface area contributed by atoms with Crippen LogP contribution in [0.4, 0.5) is 0 Å². The number of aromatic nitrogens is 4. The molecule has 2 rings (SSSR count). The molecule has 0 aliphatic heterocycles. The second-order valence-electron chi connectivity index (χ2n) is 3.53. The maximum absolute atomic E-state index is 6.00. The Bertz CT molecular complexity index is 512. The summed E-state index contributed by atoms with van der Waals surface area (Å²) in [6.45, 7) is 2.11. The highest BCUT2D eigenvalue weighted by Crippen LogP contribution is 2.20. The predicted molar refractivity (Wildman–Crippen MR) is 71.1 cm³/mol. The molecule has 17 heavy (non-hydrogen) atoms. The van der Waals surface area contributed by atoms with Crippen molar-refractivity contribution < 1.29 is 0 Å². The molecule has 0 saturated heterocycles. The molecular formula is C11H13ClN4S. The van der Waals surface area contributed by atoms with Crippen LogP contribution < -0.4 is 0 Å². The van der Waals surface area contributed by atoms with E-state index in [1.807, 2.05) is 13.2 Å². The Morgan fingerprint density at radius 1 is 1.41 bits per heavy atom. The van der Waals surface area contributed by atoms with Crippen LogP contribution in [0.3, 0.4) is 0 Å². The van der Waals surface area contributed by atoms with Crippen molar-refractivity contribution in [2.75, 3.05) is 5.75 Å². The molecule has 0 N–H and O–H groups in total. The zero-order valence-corrected chi connectivity index (χ0v) is 11.3. The smallest absolute Gasteiger partial charge is 0.140 e. The zero-order chi connectivity index (χ0) is 12.3. The van der Waals surface area contributed by atoms with Crippen molar-refractivity contribution in [3.05, 3.63) is 29.4 Å². The molecule has 0 saturated carbocycles. The number of rotatable bonds is 4. The maximum Gasteiger partial charge on any atom is 0.140 e. The Kier molecular flexibility index (Phi) is 4.02. The quantitative estimate of drug-likeness (QED) is 0.800. The molecular weight excluding hydrogens is 256 g/mol. The van der Waals surface area contributed by atoms with E-state index in [1.165, 1.54) is 0 Å². The third-order valence-corrected chi connectivity index (χ3v) is 3.24. The number of thioether (sulfide) groups is 1. The van der Waals surface area contributed by atoms with Crippen molar-refractivity contribution in [1.29, 1.82) is 0 Å². The molecule has 0 radical (unpaired) electrons. The van der Waals surface area contributed by atoms with E-state index >= 15 is 0 Å². The molecule has 0 aliphatic rings. The van der Waals surface area contributed by atoms with Crippen LogP contribution in [-0.2, 0) is 12.8 Å². The number of halogens is 1. The van der Waals surface area contributed by atoms with Crippen LogP contribution in [-0.4, -0.2) is 25.5 Å². The second kappa shape index (κ2) is 5.51. The van der Waals surface area contributed by atoms with Gasteiger partial charge in [-0.15, -0.1) is 0 Å². The van der Waals surface area contributed by atoms with Gasteiger partial charge in [0.15, 0.2) is 0 Å². The molecule has 0 aromatic carbocycles. The minimum absolute atomic E-state index is 0.477. The molecule has 0 atom stereocenters. The Hall–Kier alpha value is -1.07. The maximum atomic E-state index is 6.00. The molecule has 4 nitrogen and oxygen atoms in total. The lowest BCUT2D eigenvalue weighted by atomic mass is 10.2. The van der Waals surface area contributed by atoms with Crippen molar-refractivity contribution >= 4 is 23.4 Å². The third-order valence-electron chi connectivity index (χ3n) is 2.18. The van der Waals surface area contributed by atoms with Gasteiger partial charge in [-0.25, -0.2) is 9.97 Å². The van der Waals surface area contributed by atoms with E-state index in [4.69, 9.17) is 11.6 Å². The summed E-state index contributed by atoms with van der Waals surface area (Å²) in [5.41, 5.74) is 1.78. The average molecular weight is 269 g/mol. The Morgan fingerprint density at radius 3 is 2.88 bits per heavy atom. The van der Waals surface area contributed by atoms with Gasteiger partial charge in [-0.3, -0.25) is 4.68 Å². The summed E-state index contributed by atoms with van der Waals surface area (Å²) in [6.07, 6.45) is 3.69. The summed E-state index contributed by atoms with van der Waals surface area (Å²) in [6, 6.07) is 1.76. The lowest BCUT2D eigenvalue weighted by molar-refractivity contribution is 0.768. The first kappa shape index (κ1) is 12.4. The van der Waals surface area contributed by atoms with Gasteiger partial charge in [0, 0.05) is 24.9 Å². The number of hydrogen-bond acceptors (Lipinski definition) is 4. The first-order valence-electron chi connectivity index (χ1n) is 5.29. The molecule has 2 aromatic heterocycles. The van der Waals surface area contributed by atoms with Gasteiger partial charge in [-0.1, -0.05) is 18.5 Å². The Labute approximate surface area is 109 Å². The number of hydrogen-bond donors (Lipinski definition) is 0. The van der Waals surface area contributed by atoms with E-state index in [2.05, 4.69) is 22.0 Å². The highest BCUT2D eigenvalue weighted by atomic mass is 35.5. The van der Waals surface area contributed by atoms with Crippen LogP contribution in [0.15, 0.2) is 18.5 Å². The van der Waals surface area contributed by atoms with Crippen LogP contribution in [0.5, 0.6) is 0 Å². The first-order valence-corrected chi connectivity index (χ1v) is 6.82. The molecule has 0 aliphatic carbocycles. The Balaban J connectivity index is 2.31.